The summed E-state index contributed by atoms with van der Waals surface area (Å²) in [5, 5.41) is 7.29. The summed E-state index contributed by atoms with van der Waals surface area (Å²) in [5.74, 6) is 4.83. The molecule has 0 N–H and O–H groups in total. The topological polar surface area (TPSA) is 38.7 Å². The molecule has 3 nitrogen and oxygen atoms in total. The van der Waals surface area contributed by atoms with Crippen LogP contribution in [0.1, 0.15) is 50.7 Å². The standard InChI is InChI=1S/C50H41N3/c1-30-23-32-25-31(2)50(38(24-30)26-32)45-29-37(21-22-41(45)44-27-35-13-3-4-14-36(35)28-46(44)50)47-51-48(42-19-9-15-33-11-5-7-17-39(33)42)53-49(52-47)43-20-10-16-34-12-6-8-18-40(34)43/h3-22,27-32,38H,23-26H2,1-2H3. The van der Waals surface area contributed by atoms with Crippen molar-refractivity contribution >= 4 is 32.3 Å². The molecule has 7 aromatic carbocycles. The number of hydrogen-bond acceptors (Lipinski definition) is 3. The maximum absolute atomic E-state index is 5.35. The molecule has 0 aliphatic heterocycles. The van der Waals surface area contributed by atoms with Gasteiger partial charge in [0.05, 0.1) is 0 Å². The van der Waals surface area contributed by atoms with Crippen LogP contribution in [0.15, 0.2) is 140 Å². The zero-order chi connectivity index (χ0) is 35.3. The van der Waals surface area contributed by atoms with Gasteiger partial charge in [-0.2, -0.15) is 0 Å². The lowest BCUT2D eigenvalue weighted by atomic mass is 9.49. The Kier molecular flexibility index (Phi) is 6.80. The Morgan fingerprint density at radius 2 is 1.02 bits per heavy atom. The van der Waals surface area contributed by atoms with E-state index in [-0.39, 0.29) is 5.41 Å². The fraction of sp³-hybridized carbons (Fsp3) is 0.220. The monoisotopic (exact) mass is 683 g/mol. The van der Waals surface area contributed by atoms with Crippen molar-refractivity contribution in [3.63, 3.8) is 0 Å². The molecule has 0 saturated heterocycles. The van der Waals surface area contributed by atoms with E-state index in [9.17, 15) is 0 Å². The maximum Gasteiger partial charge on any atom is 0.164 e. The van der Waals surface area contributed by atoms with Crippen LogP contribution in [0.5, 0.6) is 0 Å². The van der Waals surface area contributed by atoms with Gasteiger partial charge in [-0.05, 0) is 122 Å². The quantitative estimate of drug-likeness (QED) is 0.186. The van der Waals surface area contributed by atoms with E-state index in [2.05, 4.69) is 153 Å². The molecule has 3 aliphatic carbocycles. The predicted octanol–water partition coefficient (Wildman–Crippen LogP) is 12.7. The van der Waals surface area contributed by atoms with Gasteiger partial charge in [0.15, 0.2) is 17.5 Å². The largest absolute Gasteiger partial charge is 0.208 e. The minimum absolute atomic E-state index is 0.0418. The molecule has 256 valence electrons. The number of aromatic nitrogens is 3. The van der Waals surface area contributed by atoms with E-state index in [0.717, 1.165) is 45.1 Å². The SMILES string of the molecule is CC1CC2CC(C)C3(c4cc(-c5nc(-c6cccc7ccccc67)nc(-c6cccc7ccccc67)n5)ccc4-c4cc5ccccc5cc43)C(C1)C2. The zero-order valence-electron chi connectivity index (χ0n) is 30.3. The molecule has 3 aliphatic rings. The van der Waals surface area contributed by atoms with Gasteiger partial charge in [-0.15, -0.1) is 0 Å². The average Bonchev–Trinajstić information content (AvgIpc) is 3.47. The fourth-order valence-electron chi connectivity index (χ4n) is 11.2. The molecule has 0 radical (unpaired) electrons. The molecule has 1 heterocycles. The second-order valence-corrected chi connectivity index (χ2v) is 16.2. The number of benzene rings is 7. The normalized spacial score (nSPS) is 23.1. The van der Waals surface area contributed by atoms with E-state index in [4.69, 9.17) is 15.0 Å². The average molecular weight is 684 g/mol. The fourth-order valence-corrected chi connectivity index (χ4v) is 11.2. The first-order valence-corrected chi connectivity index (χ1v) is 19.5. The van der Waals surface area contributed by atoms with Crippen LogP contribution in [-0.4, -0.2) is 15.0 Å². The smallest absolute Gasteiger partial charge is 0.164 e. The lowest BCUT2D eigenvalue weighted by Gasteiger charge is -2.54. The number of rotatable bonds is 3. The first-order valence-electron chi connectivity index (χ1n) is 19.5. The van der Waals surface area contributed by atoms with Gasteiger partial charge in [0.1, 0.15) is 0 Å². The minimum atomic E-state index is -0.0418. The highest BCUT2D eigenvalue weighted by molar-refractivity contribution is 5.98. The van der Waals surface area contributed by atoms with E-state index in [0.29, 0.717) is 23.5 Å². The van der Waals surface area contributed by atoms with E-state index < -0.39 is 0 Å². The summed E-state index contributed by atoms with van der Waals surface area (Å²) in [5.41, 5.74) is 8.87. The van der Waals surface area contributed by atoms with Crippen LogP contribution in [-0.2, 0) is 5.41 Å². The van der Waals surface area contributed by atoms with Crippen molar-refractivity contribution in [3.8, 4) is 45.3 Å². The maximum atomic E-state index is 5.35. The third-order valence-corrected chi connectivity index (χ3v) is 13.2. The molecule has 2 fully saturated rings. The minimum Gasteiger partial charge on any atom is -0.208 e. The van der Waals surface area contributed by atoms with E-state index in [1.165, 1.54) is 69.5 Å². The highest BCUT2D eigenvalue weighted by Gasteiger charge is 2.56. The van der Waals surface area contributed by atoms with Crippen LogP contribution in [0.25, 0.3) is 77.6 Å². The van der Waals surface area contributed by atoms with Crippen LogP contribution in [0.3, 0.4) is 0 Å². The molecule has 5 atom stereocenters. The predicted molar refractivity (Wildman–Crippen MR) is 219 cm³/mol. The number of nitrogens with zero attached hydrogens (tertiary/aromatic N) is 3. The van der Waals surface area contributed by atoms with Crippen molar-refractivity contribution in [2.45, 2.75) is 44.9 Å². The molecule has 2 bridgehead atoms. The Balaban J connectivity index is 1.17. The second-order valence-electron chi connectivity index (χ2n) is 16.2. The van der Waals surface area contributed by atoms with Gasteiger partial charge in [0.2, 0.25) is 0 Å². The van der Waals surface area contributed by atoms with Crippen LogP contribution in [0.4, 0.5) is 0 Å². The van der Waals surface area contributed by atoms with Gasteiger partial charge in [-0.25, -0.2) is 15.0 Å². The molecule has 0 amide bonds. The zero-order valence-corrected chi connectivity index (χ0v) is 30.3. The van der Waals surface area contributed by atoms with Gasteiger partial charge in [-0.1, -0.05) is 135 Å². The summed E-state index contributed by atoms with van der Waals surface area (Å²) in [4.78, 5) is 16.0. The van der Waals surface area contributed by atoms with Crippen LogP contribution >= 0.6 is 0 Å². The Morgan fingerprint density at radius 3 is 1.70 bits per heavy atom. The van der Waals surface area contributed by atoms with Crippen LogP contribution in [0.2, 0.25) is 0 Å². The number of fused-ring (bicyclic) bond motifs is 11. The third kappa shape index (κ3) is 4.62. The summed E-state index contributed by atoms with van der Waals surface area (Å²) in [6, 6.07) is 51.0. The van der Waals surface area contributed by atoms with Crippen molar-refractivity contribution in [1.29, 1.82) is 0 Å². The molecule has 1 aromatic heterocycles. The summed E-state index contributed by atoms with van der Waals surface area (Å²) < 4.78 is 0. The van der Waals surface area contributed by atoms with Crippen molar-refractivity contribution in [3.05, 3.63) is 151 Å². The first kappa shape index (κ1) is 30.9. The van der Waals surface area contributed by atoms with Crippen molar-refractivity contribution in [2.75, 3.05) is 0 Å². The summed E-state index contributed by atoms with van der Waals surface area (Å²) in [6.07, 6.45) is 5.23. The lowest BCUT2D eigenvalue weighted by molar-refractivity contribution is 0.0427. The second kappa shape index (κ2) is 11.7. The molecular weight excluding hydrogens is 643 g/mol. The first-order chi connectivity index (χ1) is 26.0. The van der Waals surface area contributed by atoms with Crippen molar-refractivity contribution < 1.29 is 0 Å². The molecule has 11 rings (SSSR count). The van der Waals surface area contributed by atoms with Crippen LogP contribution in [0, 0.1) is 23.7 Å². The third-order valence-electron chi connectivity index (χ3n) is 13.2. The highest BCUT2D eigenvalue weighted by Crippen LogP contribution is 2.65. The Hall–Kier alpha value is -5.67. The molecule has 53 heavy (non-hydrogen) atoms. The van der Waals surface area contributed by atoms with Crippen molar-refractivity contribution in [2.24, 2.45) is 23.7 Å². The van der Waals surface area contributed by atoms with Gasteiger partial charge in [-0.3, -0.25) is 0 Å². The number of hydrogen-bond donors (Lipinski definition) is 0. The summed E-state index contributed by atoms with van der Waals surface area (Å²) >= 11 is 0. The Bertz CT molecular complexity index is 2650. The van der Waals surface area contributed by atoms with Gasteiger partial charge in [0.25, 0.3) is 0 Å². The van der Waals surface area contributed by atoms with E-state index >= 15 is 0 Å². The van der Waals surface area contributed by atoms with E-state index in [1.54, 1.807) is 0 Å². The Labute approximate surface area is 310 Å². The molecule has 2 saturated carbocycles. The van der Waals surface area contributed by atoms with Gasteiger partial charge < -0.3 is 0 Å². The lowest BCUT2D eigenvalue weighted by Crippen LogP contribution is -2.49. The molecular formula is C50H41N3. The van der Waals surface area contributed by atoms with Gasteiger partial charge in [0, 0.05) is 22.1 Å². The molecule has 1 spiro atoms. The summed E-state index contributed by atoms with van der Waals surface area (Å²) in [6.45, 7) is 5.04. The van der Waals surface area contributed by atoms with E-state index in [1.807, 2.05) is 0 Å². The molecule has 3 heteroatoms. The Morgan fingerprint density at radius 1 is 0.453 bits per heavy atom. The summed E-state index contributed by atoms with van der Waals surface area (Å²) in [7, 11) is 0. The van der Waals surface area contributed by atoms with Gasteiger partial charge >= 0.3 is 0 Å². The molecule has 5 unspecified atom stereocenters. The van der Waals surface area contributed by atoms with Crippen LogP contribution < -0.4 is 0 Å². The highest BCUT2D eigenvalue weighted by atomic mass is 15.0. The molecule has 8 aromatic rings. The van der Waals surface area contributed by atoms with Crippen molar-refractivity contribution in [1.82, 2.24) is 15.0 Å².